The Kier molecular flexibility index (Phi) is 12.8. The minimum absolute atomic E-state index is 0.00164. The van der Waals surface area contributed by atoms with E-state index >= 15 is 0 Å². The molecule has 1 heterocycles. The predicted octanol–water partition coefficient (Wildman–Crippen LogP) is 9.34. The summed E-state index contributed by atoms with van der Waals surface area (Å²) in [5.74, 6) is -0.253. The molecule has 0 N–H and O–H groups in total. The van der Waals surface area contributed by atoms with Crippen LogP contribution in [0.15, 0.2) is 18.3 Å². The third-order valence-corrected chi connectivity index (χ3v) is 17.7. The molecule has 1 aromatic heterocycles. The summed E-state index contributed by atoms with van der Waals surface area (Å²) >= 11 is 0. The summed E-state index contributed by atoms with van der Waals surface area (Å²) in [6, 6.07) is 3.84. The molecular weight excluding hydrogens is 551 g/mol. The van der Waals surface area contributed by atoms with E-state index in [1.54, 1.807) is 10.8 Å². The highest BCUT2D eigenvalue weighted by Gasteiger charge is 2.46. The highest BCUT2D eigenvalue weighted by Crippen LogP contribution is 2.46. The van der Waals surface area contributed by atoms with Crippen molar-refractivity contribution in [2.75, 3.05) is 6.61 Å². The minimum atomic E-state index is -2.30. The molecule has 0 amide bonds. The van der Waals surface area contributed by atoms with Gasteiger partial charge in [0.2, 0.25) is 0 Å². The standard InChI is InChI=1S/C32H61NO6Si2/c1-17-36-26(34)21-20-23(2)27(38-40(13,14)31(7,8)9)24(3)28(39-41(15,16)32(10,11)12)25-19-18-22-33(25)29(35)37-30(4,5)6/h18-19,22-24,27-28H,17,20-21H2,1-16H3/t23-,24+,27+,28-/m0/s1. The lowest BCUT2D eigenvalue weighted by atomic mass is 9.86. The van der Waals surface area contributed by atoms with Crippen molar-refractivity contribution in [1.82, 2.24) is 4.57 Å². The number of carbonyl (C=O) groups excluding carboxylic acids is 2. The van der Waals surface area contributed by atoms with Crippen molar-refractivity contribution in [2.45, 2.75) is 150 Å². The second-order valence-electron chi connectivity index (χ2n) is 15.6. The molecule has 41 heavy (non-hydrogen) atoms. The third kappa shape index (κ3) is 10.7. The van der Waals surface area contributed by atoms with Gasteiger partial charge in [-0.3, -0.25) is 9.36 Å². The van der Waals surface area contributed by atoms with Gasteiger partial charge in [0.15, 0.2) is 16.6 Å². The molecule has 0 spiro atoms. The van der Waals surface area contributed by atoms with Crippen LogP contribution in [-0.2, 0) is 23.1 Å². The van der Waals surface area contributed by atoms with E-state index in [0.717, 1.165) is 5.69 Å². The molecule has 1 aromatic rings. The van der Waals surface area contributed by atoms with Gasteiger partial charge in [-0.1, -0.05) is 55.4 Å². The number of nitrogens with zero attached hydrogens (tertiary/aromatic N) is 1. The van der Waals surface area contributed by atoms with Gasteiger partial charge in [0.1, 0.15) is 5.60 Å². The zero-order chi connectivity index (χ0) is 32.2. The van der Waals surface area contributed by atoms with Crippen molar-refractivity contribution < 1.29 is 27.9 Å². The summed E-state index contributed by atoms with van der Waals surface area (Å²) in [6.45, 7) is 34.5. The molecule has 7 nitrogen and oxygen atoms in total. The van der Waals surface area contributed by atoms with Crippen LogP contribution >= 0.6 is 0 Å². The molecule has 0 unspecified atom stereocenters. The number of carbonyl (C=O) groups is 2. The van der Waals surface area contributed by atoms with Gasteiger partial charge in [0.05, 0.1) is 24.5 Å². The van der Waals surface area contributed by atoms with E-state index in [1.165, 1.54) is 0 Å². The van der Waals surface area contributed by atoms with E-state index < -0.39 is 34.4 Å². The summed E-state index contributed by atoms with van der Waals surface area (Å²) in [5, 5.41) is -0.0437. The Morgan fingerprint density at radius 2 is 1.39 bits per heavy atom. The fourth-order valence-electron chi connectivity index (χ4n) is 4.21. The molecule has 0 fully saturated rings. The average Bonchev–Trinajstić information content (AvgIpc) is 3.26. The first-order valence-corrected chi connectivity index (χ1v) is 21.1. The lowest BCUT2D eigenvalue weighted by molar-refractivity contribution is -0.143. The van der Waals surface area contributed by atoms with Crippen LogP contribution in [0.2, 0.25) is 36.3 Å². The van der Waals surface area contributed by atoms with Crippen molar-refractivity contribution in [1.29, 1.82) is 0 Å². The van der Waals surface area contributed by atoms with E-state index in [4.69, 9.17) is 18.3 Å². The summed E-state index contributed by atoms with van der Waals surface area (Å²) in [6.07, 6.45) is 1.68. The molecule has 238 valence electrons. The fourth-order valence-corrected chi connectivity index (χ4v) is 7.01. The zero-order valence-corrected chi connectivity index (χ0v) is 31.1. The van der Waals surface area contributed by atoms with E-state index in [-0.39, 0.29) is 34.0 Å². The van der Waals surface area contributed by atoms with Crippen molar-refractivity contribution >= 4 is 28.7 Å². The van der Waals surface area contributed by atoms with E-state index in [9.17, 15) is 9.59 Å². The van der Waals surface area contributed by atoms with Crippen LogP contribution in [0.3, 0.4) is 0 Å². The molecule has 1 rings (SSSR count). The number of hydrogen-bond donors (Lipinski definition) is 0. The minimum Gasteiger partial charge on any atom is -0.466 e. The van der Waals surface area contributed by atoms with E-state index in [2.05, 4.69) is 81.6 Å². The van der Waals surface area contributed by atoms with Gasteiger partial charge in [-0.05, 0) is 88.4 Å². The second kappa shape index (κ2) is 13.9. The van der Waals surface area contributed by atoms with Gasteiger partial charge < -0.3 is 18.3 Å². The first kappa shape index (κ1) is 37.6. The highest BCUT2D eigenvalue weighted by atomic mass is 28.4. The van der Waals surface area contributed by atoms with Crippen molar-refractivity contribution in [3.63, 3.8) is 0 Å². The van der Waals surface area contributed by atoms with E-state index in [1.807, 2.05) is 39.8 Å². The van der Waals surface area contributed by atoms with Crippen LogP contribution in [0.1, 0.15) is 108 Å². The topological polar surface area (TPSA) is 76.0 Å². The first-order valence-electron chi connectivity index (χ1n) is 15.3. The van der Waals surface area contributed by atoms with Gasteiger partial charge in [-0.2, -0.15) is 0 Å². The number of esters is 1. The summed E-state index contributed by atoms with van der Waals surface area (Å²) in [4.78, 5) is 25.7. The number of rotatable bonds is 12. The van der Waals surface area contributed by atoms with Crippen LogP contribution in [0.5, 0.6) is 0 Å². The van der Waals surface area contributed by atoms with Gasteiger partial charge in [-0.15, -0.1) is 0 Å². The molecule has 0 saturated heterocycles. The molecule has 4 atom stereocenters. The Hall–Kier alpha value is -1.43. The zero-order valence-electron chi connectivity index (χ0n) is 29.1. The molecule has 0 saturated carbocycles. The molecular formula is C32H61NO6Si2. The predicted molar refractivity (Wildman–Crippen MR) is 173 cm³/mol. The fraction of sp³-hybridized carbons (Fsp3) is 0.812. The summed E-state index contributed by atoms with van der Waals surface area (Å²) in [7, 11) is -4.52. The SMILES string of the molecule is CCOC(=O)CC[C@H](C)[C@@H](O[Si](C)(C)C(C)(C)C)[C@@H](C)[C@H](O[Si](C)(C)C(C)(C)C)c1cccn1C(=O)OC(C)(C)C. The quantitative estimate of drug-likeness (QED) is 0.173. The first-order chi connectivity index (χ1) is 18.3. The lowest BCUT2D eigenvalue weighted by Gasteiger charge is -2.46. The molecule has 0 aliphatic heterocycles. The Labute approximate surface area is 253 Å². The Morgan fingerprint density at radius 1 is 0.878 bits per heavy atom. The van der Waals surface area contributed by atoms with Gasteiger partial charge in [0.25, 0.3) is 0 Å². The van der Waals surface area contributed by atoms with Crippen molar-refractivity contribution in [3.05, 3.63) is 24.0 Å². The Balaban J connectivity index is 3.70. The van der Waals surface area contributed by atoms with Crippen LogP contribution in [-0.4, -0.2) is 51.6 Å². The smallest absolute Gasteiger partial charge is 0.418 e. The van der Waals surface area contributed by atoms with Gasteiger partial charge in [-0.25, -0.2) is 4.79 Å². The van der Waals surface area contributed by atoms with Gasteiger partial charge in [0, 0.05) is 18.5 Å². The monoisotopic (exact) mass is 611 g/mol. The number of hydrogen-bond acceptors (Lipinski definition) is 6. The van der Waals surface area contributed by atoms with Crippen molar-refractivity contribution in [2.24, 2.45) is 11.8 Å². The molecule has 0 bridgehead atoms. The lowest BCUT2D eigenvalue weighted by Crippen LogP contribution is -2.50. The molecule has 0 aromatic carbocycles. The largest absolute Gasteiger partial charge is 0.466 e. The van der Waals surface area contributed by atoms with Crippen molar-refractivity contribution in [3.8, 4) is 0 Å². The third-order valence-electron chi connectivity index (χ3n) is 8.79. The highest BCUT2D eigenvalue weighted by molar-refractivity contribution is 6.74. The number of aromatic nitrogens is 1. The molecule has 0 aliphatic rings. The maximum Gasteiger partial charge on any atom is 0.418 e. The van der Waals surface area contributed by atoms with Gasteiger partial charge >= 0.3 is 12.1 Å². The second-order valence-corrected chi connectivity index (χ2v) is 25.1. The van der Waals surface area contributed by atoms with Crippen LogP contribution < -0.4 is 0 Å². The van der Waals surface area contributed by atoms with Crippen LogP contribution in [0, 0.1) is 11.8 Å². The number of ether oxygens (including phenoxy) is 2. The molecule has 0 aliphatic carbocycles. The molecule has 0 radical (unpaired) electrons. The van der Waals surface area contributed by atoms with Crippen LogP contribution in [0.25, 0.3) is 0 Å². The van der Waals surface area contributed by atoms with Crippen LogP contribution in [0.4, 0.5) is 4.79 Å². The molecule has 9 heteroatoms. The summed E-state index contributed by atoms with van der Waals surface area (Å²) < 4.78 is 27.0. The average molecular weight is 612 g/mol. The maximum absolute atomic E-state index is 13.4. The Bertz CT molecular complexity index is 997. The summed E-state index contributed by atoms with van der Waals surface area (Å²) in [5.41, 5.74) is 0.133. The van der Waals surface area contributed by atoms with E-state index in [0.29, 0.717) is 19.4 Å². The maximum atomic E-state index is 13.4. The normalized spacial score (nSPS) is 16.6. The Morgan fingerprint density at radius 3 is 1.85 bits per heavy atom.